The Balaban J connectivity index is 2.26. The van der Waals surface area contributed by atoms with Gasteiger partial charge in [-0.2, -0.15) is 0 Å². The first-order chi connectivity index (χ1) is 9.99. The van der Waals surface area contributed by atoms with Gasteiger partial charge in [0.15, 0.2) is 0 Å². The predicted octanol–water partition coefficient (Wildman–Crippen LogP) is 1.45. The molecule has 0 aliphatic carbocycles. The van der Waals surface area contributed by atoms with Gasteiger partial charge >= 0.3 is 0 Å². The van der Waals surface area contributed by atoms with E-state index in [2.05, 4.69) is 4.98 Å². The minimum absolute atomic E-state index is 0.357. The molecule has 0 atom stereocenters. The van der Waals surface area contributed by atoms with Crippen molar-refractivity contribution in [1.29, 1.82) is 0 Å². The second-order valence-corrected chi connectivity index (χ2v) is 5.10. The number of anilines is 1. The van der Waals surface area contributed by atoms with Crippen LogP contribution in [0.5, 0.6) is 0 Å². The lowest BCUT2D eigenvalue weighted by atomic mass is 10.1. The monoisotopic (exact) mass is 300 g/mol. The quantitative estimate of drug-likeness (QED) is 0.816. The van der Waals surface area contributed by atoms with Crippen LogP contribution in [0.4, 0.5) is 5.82 Å². The summed E-state index contributed by atoms with van der Waals surface area (Å²) >= 11 is 4.97. The molecule has 0 saturated carbocycles. The Labute approximate surface area is 128 Å². The minimum Gasteiger partial charge on any atom is -0.389 e. The van der Waals surface area contributed by atoms with Crippen LogP contribution in [0.25, 0.3) is 0 Å². The van der Waals surface area contributed by atoms with Crippen LogP contribution in [0.3, 0.4) is 0 Å². The average Bonchev–Trinajstić information content (AvgIpc) is 2.47. The molecule has 2 rings (SSSR count). The number of nitrogens with two attached hydrogens (primary N) is 2. The molecular formula is C15H16N4OS. The number of amides is 1. The third kappa shape index (κ3) is 3.55. The summed E-state index contributed by atoms with van der Waals surface area (Å²) in [6.07, 6.45) is 1.63. The zero-order chi connectivity index (χ0) is 15.4. The zero-order valence-electron chi connectivity index (χ0n) is 11.6. The molecule has 0 unspecified atom stereocenters. The second kappa shape index (κ2) is 6.32. The van der Waals surface area contributed by atoms with Gasteiger partial charge in [-0.3, -0.25) is 4.79 Å². The Hall–Kier alpha value is -2.47. The molecule has 108 valence electrons. The van der Waals surface area contributed by atoms with E-state index in [1.165, 1.54) is 0 Å². The van der Waals surface area contributed by atoms with Crippen LogP contribution in [0.15, 0.2) is 42.6 Å². The predicted molar refractivity (Wildman–Crippen MR) is 87.2 cm³/mol. The van der Waals surface area contributed by atoms with E-state index >= 15 is 0 Å². The van der Waals surface area contributed by atoms with E-state index in [1.807, 2.05) is 36.2 Å². The van der Waals surface area contributed by atoms with Crippen molar-refractivity contribution in [1.82, 2.24) is 4.98 Å². The largest absolute Gasteiger partial charge is 0.389 e. The molecule has 1 aromatic heterocycles. The van der Waals surface area contributed by atoms with Crippen LogP contribution < -0.4 is 16.4 Å². The smallest absolute Gasteiger partial charge is 0.252 e. The molecule has 4 N–H and O–H groups in total. The molecule has 2 aromatic rings. The van der Waals surface area contributed by atoms with Gasteiger partial charge in [-0.15, -0.1) is 0 Å². The van der Waals surface area contributed by atoms with Crippen LogP contribution in [-0.2, 0) is 6.54 Å². The normalized spacial score (nSPS) is 10.1. The highest BCUT2D eigenvalue weighted by Crippen LogP contribution is 2.18. The summed E-state index contributed by atoms with van der Waals surface area (Å²) in [6, 6.07) is 11.0. The van der Waals surface area contributed by atoms with Crippen molar-refractivity contribution in [2.45, 2.75) is 6.54 Å². The molecule has 21 heavy (non-hydrogen) atoms. The average molecular weight is 300 g/mol. The van der Waals surface area contributed by atoms with E-state index in [9.17, 15) is 4.79 Å². The maximum Gasteiger partial charge on any atom is 0.252 e. The van der Waals surface area contributed by atoms with Crippen molar-refractivity contribution in [2.24, 2.45) is 11.5 Å². The lowest BCUT2D eigenvalue weighted by Gasteiger charge is -2.20. The van der Waals surface area contributed by atoms with Crippen LogP contribution in [0, 0.1) is 0 Å². The maximum atomic E-state index is 11.4. The third-order valence-corrected chi connectivity index (χ3v) is 3.28. The number of hydrogen-bond donors (Lipinski definition) is 2. The van der Waals surface area contributed by atoms with Crippen molar-refractivity contribution < 1.29 is 4.79 Å². The summed E-state index contributed by atoms with van der Waals surface area (Å²) in [5, 5.41) is 0. The number of carbonyl (C=O) groups excluding carboxylic acids is 1. The number of rotatable bonds is 5. The van der Waals surface area contributed by atoms with Gasteiger partial charge in [0.25, 0.3) is 5.91 Å². The molecule has 1 heterocycles. The van der Waals surface area contributed by atoms with Crippen LogP contribution >= 0.6 is 12.2 Å². The lowest BCUT2D eigenvalue weighted by molar-refractivity contribution is 0.100. The van der Waals surface area contributed by atoms with E-state index < -0.39 is 5.91 Å². The third-order valence-electron chi connectivity index (χ3n) is 3.04. The van der Waals surface area contributed by atoms with Gasteiger partial charge in [0.05, 0.1) is 5.56 Å². The molecule has 0 radical (unpaired) electrons. The summed E-state index contributed by atoms with van der Waals surface area (Å²) in [7, 11) is 1.85. The topological polar surface area (TPSA) is 85.2 Å². The minimum atomic E-state index is -0.498. The molecular weight excluding hydrogens is 284 g/mol. The number of primary amides is 1. The maximum absolute atomic E-state index is 11.4. The molecule has 1 aromatic carbocycles. The SMILES string of the molecule is CN(Cc1cccc(C(N)=S)c1)c1ncccc1C(N)=O. The van der Waals surface area contributed by atoms with Gasteiger partial charge in [0, 0.05) is 25.4 Å². The van der Waals surface area contributed by atoms with Gasteiger partial charge in [0.2, 0.25) is 0 Å². The molecule has 0 bridgehead atoms. The number of hydrogen-bond acceptors (Lipinski definition) is 4. The molecule has 0 aliphatic rings. The molecule has 5 nitrogen and oxygen atoms in total. The highest BCUT2D eigenvalue weighted by molar-refractivity contribution is 7.80. The summed E-state index contributed by atoms with van der Waals surface area (Å²) in [5.41, 5.74) is 13.2. The standard InChI is InChI=1S/C15H16N4OS/c1-19(15-12(13(16)20)6-3-7-18-15)9-10-4-2-5-11(8-10)14(17)21/h2-8H,9H2,1H3,(H2,16,20)(H2,17,21). The van der Waals surface area contributed by atoms with Crippen LogP contribution in [-0.4, -0.2) is 22.9 Å². The fourth-order valence-electron chi connectivity index (χ4n) is 2.07. The van der Waals surface area contributed by atoms with E-state index in [4.69, 9.17) is 23.7 Å². The first kappa shape index (κ1) is 14.9. The Kier molecular flexibility index (Phi) is 4.49. The Bertz CT molecular complexity index is 687. The second-order valence-electron chi connectivity index (χ2n) is 4.66. The fourth-order valence-corrected chi connectivity index (χ4v) is 2.19. The van der Waals surface area contributed by atoms with Crippen molar-refractivity contribution in [2.75, 3.05) is 11.9 Å². The van der Waals surface area contributed by atoms with Crippen molar-refractivity contribution >= 4 is 28.9 Å². The number of nitrogens with zero attached hydrogens (tertiary/aromatic N) is 2. The number of benzene rings is 1. The summed E-state index contributed by atoms with van der Waals surface area (Å²) in [4.78, 5) is 17.9. The highest BCUT2D eigenvalue weighted by Gasteiger charge is 2.13. The molecule has 0 fully saturated rings. The molecule has 1 amide bonds. The van der Waals surface area contributed by atoms with Crippen LogP contribution in [0.2, 0.25) is 0 Å². The van der Waals surface area contributed by atoms with E-state index in [0.29, 0.717) is 22.9 Å². The van der Waals surface area contributed by atoms with Crippen molar-refractivity contribution in [3.05, 3.63) is 59.3 Å². The van der Waals surface area contributed by atoms with Gasteiger partial charge in [-0.25, -0.2) is 4.98 Å². The van der Waals surface area contributed by atoms with E-state index in [0.717, 1.165) is 11.1 Å². The summed E-state index contributed by atoms with van der Waals surface area (Å²) < 4.78 is 0. The highest BCUT2D eigenvalue weighted by atomic mass is 32.1. The van der Waals surface area contributed by atoms with Crippen LogP contribution in [0.1, 0.15) is 21.5 Å². The number of aromatic nitrogens is 1. The number of pyridine rings is 1. The van der Waals surface area contributed by atoms with Crippen molar-refractivity contribution in [3.8, 4) is 0 Å². The summed E-state index contributed by atoms with van der Waals surface area (Å²) in [6.45, 7) is 0.563. The Morgan fingerprint density at radius 3 is 2.71 bits per heavy atom. The number of carbonyl (C=O) groups is 1. The van der Waals surface area contributed by atoms with Gasteiger partial charge in [0.1, 0.15) is 10.8 Å². The summed E-state index contributed by atoms with van der Waals surface area (Å²) in [5.74, 6) is 0.0487. The fraction of sp³-hybridized carbons (Fsp3) is 0.133. The van der Waals surface area contributed by atoms with E-state index in [-0.39, 0.29) is 0 Å². The van der Waals surface area contributed by atoms with Crippen molar-refractivity contribution in [3.63, 3.8) is 0 Å². The molecule has 0 spiro atoms. The zero-order valence-corrected chi connectivity index (χ0v) is 12.4. The lowest BCUT2D eigenvalue weighted by Crippen LogP contribution is -2.23. The molecule has 0 saturated heterocycles. The molecule has 0 aliphatic heterocycles. The van der Waals surface area contributed by atoms with Gasteiger partial charge in [-0.1, -0.05) is 30.4 Å². The number of thiocarbonyl (C=S) groups is 1. The van der Waals surface area contributed by atoms with E-state index in [1.54, 1.807) is 18.3 Å². The first-order valence-electron chi connectivity index (χ1n) is 6.33. The van der Waals surface area contributed by atoms with Gasteiger partial charge in [-0.05, 0) is 23.8 Å². The Morgan fingerprint density at radius 2 is 2.05 bits per heavy atom. The first-order valence-corrected chi connectivity index (χ1v) is 6.74. The molecule has 6 heteroatoms. The van der Waals surface area contributed by atoms with Gasteiger partial charge < -0.3 is 16.4 Å². The Morgan fingerprint density at radius 1 is 1.29 bits per heavy atom.